The first kappa shape index (κ1) is 32.6. The van der Waals surface area contributed by atoms with Crippen molar-refractivity contribution >= 4 is 52.5 Å². The Balaban J connectivity index is 1.37. The van der Waals surface area contributed by atoms with Crippen LogP contribution < -0.4 is 10.1 Å². The van der Waals surface area contributed by atoms with Gasteiger partial charge in [-0.25, -0.2) is 0 Å². The molecule has 1 fully saturated rings. The molecule has 1 saturated heterocycles. The second kappa shape index (κ2) is 15.0. The summed E-state index contributed by atoms with van der Waals surface area (Å²) < 4.78 is 16.7. The zero-order valence-corrected chi connectivity index (χ0v) is 27.0. The van der Waals surface area contributed by atoms with Gasteiger partial charge in [0, 0.05) is 29.2 Å². The zero-order chi connectivity index (χ0) is 31.1. The van der Waals surface area contributed by atoms with Gasteiger partial charge >= 0.3 is 0 Å². The van der Waals surface area contributed by atoms with Crippen molar-refractivity contribution < 1.29 is 24.1 Å². The smallest absolute Gasteiger partial charge is 0.272 e. The SMILES string of the molecule is COc1ccccc1SCC1CC(c2ccc(CO)cc2)OC(c2cccc(-c3cccc(CNC(=O)C(Cl)(Cl)Cl)c3)c2)O1. The minimum Gasteiger partial charge on any atom is -0.496 e. The fourth-order valence-electron chi connectivity index (χ4n) is 4.95. The third kappa shape index (κ3) is 8.49. The fourth-order valence-corrected chi connectivity index (χ4v) is 6.20. The highest BCUT2D eigenvalue weighted by atomic mass is 35.6. The van der Waals surface area contributed by atoms with E-state index in [-0.39, 0.29) is 25.4 Å². The second-order valence-corrected chi connectivity index (χ2v) is 13.7. The monoisotopic (exact) mass is 671 g/mol. The van der Waals surface area contributed by atoms with Crippen molar-refractivity contribution in [2.45, 2.75) is 46.8 Å². The Morgan fingerprint density at radius 1 is 0.909 bits per heavy atom. The molecule has 1 heterocycles. The molecule has 1 amide bonds. The van der Waals surface area contributed by atoms with Crippen molar-refractivity contribution in [2.24, 2.45) is 0 Å². The van der Waals surface area contributed by atoms with Crippen molar-refractivity contribution in [1.29, 1.82) is 0 Å². The molecule has 3 unspecified atom stereocenters. The van der Waals surface area contributed by atoms with Gasteiger partial charge in [0.15, 0.2) is 6.29 Å². The van der Waals surface area contributed by atoms with Crippen LogP contribution >= 0.6 is 46.6 Å². The van der Waals surface area contributed by atoms with E-state index >= 15 is 0 Å². The van der Waals surface area contributed by atoms with Gasteiger partial charge in [-0.2, -0.15) is 0 Å². The molecule has 230 valence electrons. The number of hydrogen-bond acceptors (Lipinski definition) is 6. The molecule has 3 atom stereocenters. The summed E-state index contributed by atoms with van der Waals surface area (Å²) in [5.74, 6) is 0.868. The summed E-state index contributed by atoms with van der Waals surface area (Å²) in [5.41, 5.74) is 5.56. The summed E-state index contributed by atoms with van der Waals surface area (Å²) in [6, 6.07) is 31.7. The van der Waals surface area contributed by atoms with Crippen LogP contribution in [0.5, 0.6) is 5.75 Å². The number of methoxy groups -OCH3 is 1. The number of aliphatic hydroxyl groups excluding tert-OH is 1. The van der Waals surface area contributed by atoms with Gasteiger partial charge in [0.25, 0.3) is 9.70 Å². The van der Waals surface area contributed by atoms with Gasteiger partial charge in [-0.15, -0.1) is 11.8 Å². The maximum atomic E-state index is 12.0. The lowest BCUT2D eigenvalue weighted by atomic mass is 9.99. The number of benzene rings is 4. The van der Waals surface area contributed by atoms with Crippen LogP contribution in [0.3, 0.4) is 0 Å². The number of hydrogen-bond donors (Lipinski definition) is 2. The molecule has 4 aromatic rings. The highest BCUT2D eigenvalue weighted by Gasteiger charge is 2.33. The van der Waals surface area contributed by atoms with Crippen molar-refractivity contribution in [3.05, 3.63) is 119 Å². The quantitative estimate of drug-likeness (QED) is 0.131. The summed E-state index contributed by atoms with van der Waals surface area (Å²) in [6.07, 6.45) is -0.210. The number of amides is 1. The lowest BCUT2D eigenvalue weighted by Gasteiger charge is -2.36. The molecule has 0 aliphatic carbocycles. The minimum absolute atomic E-state index is 0.0109. The number of thioether (sulfide) groups is 1. The average Bonchev–Trinajstić information content (AvgIpc) is 3.06. The van der Waals surface area contributed by atoms with E-state index < -0.39 is 16.0 Å². The number of alkyl halides is 3. The predicted molar refractivity (Wildman–Crippen MR) is 176 cm³/mol. The minimum atomic E-state index is -2.02. The number of para-hydroxylation sites is 1. The molecule has 1 aliphatic heterocycles. The molecule has 4 aromatic carbocycles. The third-order valence-electron chi connectivity index (χ3n) is 7.24. The maximum absolute atomic E-state index is 12.0. The highest BCUT2D eigenvalue weighted by molar-refractivity contribution is 7.99. The maximum Gasteiger partial charge on any atom is 0.272 e. The lowest BCUT2D eigenvalue weighted by molar-refractivity contribution is -0.245. The van der Waals surface area contributed by atoms with Crippen LogP contribution in [0, 0.1) is 0 Å². The van der Waals surface area contributed by atoms with Crippen LogP contribution in [0.4, 0.5) is 0 Å². The first-order valence-corrected chi connectivity index (χ1v) is 16.2. The molecular weight excluding hydrogens is 641 g/mol. The highest BCUT2D eigenvalue weighted by Crippen LogP contribution is 2.41. The summed E-state index contributed by atoms with van der Waals surface area (Å²) >= 11 is 18.7. The first-order chi connectivity index (χ1) is 21.2. The second-order valence-electron chi connectivity index (χ2n) is 10.3. The molecule has 1 aliphatic rings. The van der Waals surface area contributed by atoms with Gasteiger partial charge in [0.05, 0.1) is 25.9 Å². The molecule has 44 heavy (non-hydrogen) atoms. The number of aliphatic hydroxyl groups is 1. The van der Waals surface area contributed by atoms with Crippen LogP contribution in [-0.2, 0) is 27.4 Å². The zero-order valence-electron chi connectivity index (χ0n) is 23.9. The van der Waals surface area contributed by atoms with E-state index in [0.717, 1.165) is 44.0 Å². The number of halogens is 3. The Hall–Kier alpha value is -2.75. The number of ether oxygens (including phenoxy) is 3. The number of carbonyl (C=O) groups excluding carboxylic acids is 1. The van der Waals surface area contributed by atoms with Crippen LogP contribution in [0.15, 0.2) is 102 Å². The summed E-state index contributed by atoms with van der Waals surface area (Å²) in [4.78, 5) is 13.1. The molecule has 5 rings (SSSR count). The lowest BCUT2D eigenvalue weighted by Crippen LogP contribution is -2.33. The molecule has 0 saturated carbocycles. The topological polar surface area (TPSA) is 77.0 Å². The van der Waals surface area contributed by atoms with E-state index in [0.29, 0.717) is 12.2 Å². The Bertz CT molecular complexity index is 1560. The summed E-state index contributed by atoms with van der Waals surface area (Å²) in [5, 5.41) is 12.2. The van der Waals surface area contributed by atoms with E-state index in [9.17, 15) is 9.90 Å². The Kier molecular flexibility index (Phi) is 11.1. The predicted octanol–water partition coefficient (Wildman–Crippen LogP) is 8.18. The summed E-state index contributed by atoms with van der Waals surface area (Å²) in [7, 11) is 1.68. The number of carbonyl (C=O) groups is 1. The van der Waals surface area contributed by atoms with Crippen LogP contribution in [0.1, 0.15) is 41.1 Å². The van der Waals surface area contributed by atoms with Gasteiger partial charge in [0.1, 0.15) is 5.75 Å². The van der Waals surface area contributed by atoms with Crippen molar-refractivity contribution in [1.82, 2.24) is 5.32 Å². The molecule has 6 nitrogen and oxygen atoms in total. The van der Waals surface area contributed by atoms with E-state index in [1.807, 2.05) is 91.0 Å². The molecule has 0 spiro atoms. The molecule has 0 radical (unpaired) electrons. The molecule has 10 heteroatoms. The fraction of sp³-hybridized carbons (Fsp3) is 0.265. The van der Waals surface area contributed by atoms with E-state index in [1.165, 1.54) is 0 Å². The third-order valence-corrected chi connectivity index (χ3v) is 8.94. The van der Waals surface area contributed by atoms with Crippen molar-refractivity contribution in [3.63, 3.8) is 0 Å². The molecular formula is C34H32Cl3NO5S. The Morgan fingerprint density at radius 2 is 1.64 bits per heavy atom. The van der Waals surface area contributed by atoms with Crippen LogP contribution in [0.25, 0.3) is 11.1 Å². The molecule has 0 aromatic heterocycles. The van der Waals surface area contributed by atoms with Gasteiger partial charge in [-0.05, 0) is 52.1 Å². The van der Waals surface area contributed by atoms with Gasteiger partial charge in [-0.1, -0.05) is 108 Å². The van der Waals surface area contributed by atoms with E-state index in [4.69, 9.17) is 49.0 Å². The largest absolute Gasteiger partial charge is 0.496 e. The van der Waals surface area contributed by atoms with E-state index in [2.05, 4.69) is 11.4 Å². The van der Waals surface area contributed by atoms with Crippen LogP contribution in [-0.4, -0.2) is 33.8 Å². The number of nitrogens with one attached hydrogen (secondary N) is 1. The van der Waals surface area contributed by atoms with Crippen LogP contribution in [0.2, 0.25) is 0 Å². The Labute approximate surface area is 276 Å². The molecule has 0 bridgehead atoms. The standard InChI is InChI=1S/C34H32Cl3NO5S/c1-41-29-10-2-3-11-31(29)44-21-28-18-30(24-14-12-22(20-39)13-15-24)43-32(42-28)27-9-5-8-26(17-27)25-7-4-6-23(16-25)19-38-33(40)34(35,36)37/h2-17,28,30,32,39H,18-21H2,1H3,(H,38,40). The van der Waals surface area contributed by atoms with Crippen molar-refractivity contribution in [2.75, 3.05) is 12.9 Å². The average molecular weight is 673 g/mol. The first-order valence-electron chi connectivity index (χ1n) is 14.0. The van der Waals surface area contributed by atoms with Gasteiger partial charge in [-0.3, -0.25) is 4.79 Å². The van der Waals surface area contributed by atoms with E-state index in [1.54, 1.807) is 18.9 Å². The van der Waals surface area contributed by atoms with Gasteiger partial charge < -0.3 is 24.6 Å². The van der Waals surface area contributed by atoms with Gasteiger partial charge in [0.2, 0.25) is 0 Å². The van der Waals surface area contributed by atoms with Crippen molar-refractivity contribution in [3.8, 4) is 16.9 Å². The molecule has 2 N–H and O–H groups in total. The summed E-state index contributed by atoms with van der Waals surface area (Å²) in [6.45, 7) is 0.209. The normalized spacial score (nSPS) is 18.5. The number of rotatable bonds is 10. The Morgan fingerprint density at radius 3 is 2.36 bits per heavy atom.